The van der Waals surface area contributed by atoms with Crippen molar-refractivity contribution in [3.63, 3.8) is 0 Å². The third-order valence-corrected chi connectivity index (χ3v) is 5.81. The SMILES string of the molecule is Cc1cc(C(Cl)c2ccc(Br)s2)c(C)cc1Br. The van der Waals surface area contributed by atoms with E-state index in [-0.39, 0.29) is 5.38 Å². The van der Waals surface area contributed by atoms with E-state index in [9.17, 15) is 0 Å². The summed E-state index contributed by atoms with van der Waals surface area (Å²) in [7, 11) is 0. The van der Waals surface area contributed by atoms with Crippen LogP contribution < -0.4 is 0 Å². The van der Waals surface area contributed by atoms with Crippen LogP contribution in [0, 0.1) is 13.8 Å². The first kappa shape index (κ1) is 13.6. The molecule has 0 bridgehead atoms. The van der Waals surface area contributed by atoms with Gasteiger partial charge in [0.2, 0.25) is 0 Å². The molecule has 0 fully saturated rings. The second-order valence-corrected chi connectivity index (χ2v) is 7.75. The monoisotopic (exact) mass is 392 g/mol. The standard InChI is InChI=1S/C13H11Br2ClS/c1-7-6-10(14)8(2)5-9(7)13(16)11-3-4-12(15)17-11/h3-6,13H,1-2H3. The Morgan fingerprint density at radius 1 is 1.12 bits per heavy atom. The van der Waals surface area contributed by atoms with Crippen LogP contribution in [0.1, 0.15) is 26.9 Å². The lowest BCUT2D eigenvalue weighted by Gasteiger charge is -2.13. The van der Waals surface area contributed by atoms with Crippen molar-refractivity contribution in [1.82, 2.24) is 0 Å². The highest BCUT2D eigenvalue weighted by Gasteiger charge is 2.16. The molecule has 0 amide bonds. The van der Waals surface area contributed by atoms with Gasteiger partial charge >= 0.3 is 0 Å². The summed E-state index contributed by atoms with van der Waals surface area (Å²) in [6.07, 6.45) is 0. The molecule has 17 heavy (non-hydrogen) atoms. The highest BCUT2D eigenvalue weighted by molar-refractivity contribution is 9.11. The fraction of sp³-hybridized carbons (Fsp3) is 0.231. The summed E-state index contributed by atoms with van der Waals surface area (Å²) in [5.74, 6) is 0. The Morgan fingerprint density at radius 3 is 2.41 bits per heavy atom. The molecule has 1 aromatic heterocycles. The first-order valence-corrected chi connectivity index (χ1v) is 7.99. The minimum atomic E-state index is -0.0712. The van der Waals surface area contributed by atoms with Gasteiger partial charge in [-0.3, -0.25) is 0 Å². The predicted octanol–water partition coefficient (Wildman–Crippen LogP) is 6.22. The Balaban J connectivity index is 2.43. The van der Waals surface area contributed by atoms with Crippen LogP contribution in [0.4, 0.5) is 0 Å². The molecular formula is C13H11Br2ClS. The molecule has 4 heteroatoms. The van der Waals surface area contributed by atoms with E-state index in [1.54, 1.807) is 11.3 Å². The third-order valence-electron chi connectivity index (χ3n) is 2.66. The zero-order valence-electron chi connectivity index (χ0n) is 9.43. The molecule has 0 aliphatic carbocycles. The topological polar surface area (TPSA) is 0 Å². The number of benzene rings is 1. The smallest absolute Gasteiger partial charge is 0.0930 e. The van der Waals surface area contributed by atoms with E-state index < -0.39 is 0 Å². The van der Waals surface area contributed by atoms with Crippen LogP contribution in [-0.2, 0) is 0 Å². The Hall–Kier alpha value is 0.170. The minimum absolute atomic E-state index is 0.0712. The number of halogens is 3. The molecule has 0 saturated heterocycles. The van der Waals surface area contributed by atoms with Crippen molar-refractivity contribution < 1.29 is 0 Å². The van der Waals surface area contributed by atoms with Gasteiger partial charge < -0.3 is 0 Å². The molecule has 0 saturated carbocycles. The molecule has 1 aromatic carbocycles. The lowest BCUT2D eigenvalue weighted by Crippen LogP contribution is -1.95. The van der Waals surface area contributed by atoms with Gasteiger partial charge in [0.05, 0.1) is 9.16 Å². The molecule has 0 aliphatic rings. The van der Waals surface area contributed by atoms with Gasteiger partial charge in [0.15, 0.2) is 0 Å². The Morgan fingerprint density at radius 2 is 1.82 bits per heavy atom. The number of aryl methyl sites for hydroxylation is 2. The second kappa shape index (κ2) is 5.43. The average molecular weight is 395 g/mol. The van der Waals surface area contributed by atoms with Crippen LogP contribution in [0.3, 0.4) is 0 Å². The van der Waals surface area contributed by atoms with Gasteiger partial charge in [-0.1, -0.05) is 22.0 Å². The average Bonchev–Trinajstić information content (AvgIpc) is 2.69. The van der Waals surface area contributed by atoms with Crippen molar-refractivity contribution in [1.29, 1.82) is 0 Å². The van der Waals surface area contributed by atoms with Crippen LogP contribution in [0.5, 0.6) is 0 Å². The molecule has 90 valence electrons. The summed E-state index contributed by atoms with van der Waals surface area (Å²) in [5.41, 5.74) is 3.61. The molecule has 2 rings (SSSR count). The lowest BCUT2D eigenvalue weighted by atomic mass is 10.0. The molecule has 0 nitrogen and oxygen atoms in total. The molecule has 1 unspecified atom stereocenters. The van der Waals surface area contributed by atoms with E-state index in [2.05, 4.69) is 63.9 Å². The summed E-state index contributed by atoms with van der Waals surface area (Å²) in [4.78, 5) is 1.17. The number of rotatable bonds is 2. The van der Waals surface area contributed by atoms with Gasteiger partial charge in [-0.15, -0.1) is 22.9 Å². The molecule has 0 aliphatic heterocycles. The Bertz CT molecular complexity index is 548. The van der Waals surface area contributed by atoms with Gasteiger partial charge in [0.25, 0.3) is 0 Å². The van der Waals surface area contributed by atoms with E-state index in [4.69, 9.17) is 11.6 Å². The predicted molar refractivity (Wildman–Crippen MR) is 83.3 cm³/mol. The molecule has 0 spiro atoms. The van der Waals surface area contributed by atoms with Gasteiger partial charge in [-0.2, -0.15) is 0 Å². The maximum atomic E-state index is 6.55. The molecule has 2 aromatic rings. The summed E-state index contributed by atoms with van der Waals surface area (Å²) >= 11 is 15.2. The van der Waals surface area contributed by atoms with Crippen LogP contribution in [0.2, 0.25) is 0 Å². The van der Waals surface area contributed by atoms with Crippen molar-refractivity contribution >= 4 is 54.8 Å². The summed E-state index contributed by atoms with van der Waals surface area (Å²) < 4.78 is 2.25. The molecule has 1 atom stereocenters. The zero-order chi connectivity index (χ0) is 12.6. The van der Waals surface area contributed by atoms with Crippen molar-refractivity contribution in [3.05, 3.63) is 54.1 Å². The Labute approximate surface area is 127 Å². The Kier molecular flexibility index (Phi) is 4.35. The lowest BCUT2D eigenvalue weighted by molar-refractivity contribution is 1.13. The van der Waals surface area contributed by atoms with Crippen LogP contribution in [0.25, 0.3) is 0 Å². The van der Waals surface area contributed by atoms with E-state index in [0.29, 0.717) is 0 Å². The van der Waals surface area contributed by atoms with Crippen molar-refractivity contribution in [2.75, 3.05) is 0 Å². The maximum absolute atomic E-state index is 6.55. The second-order valence-electron chi connectivity index (χ2n) is 3.96. The van der Waals surface area contributed by atoms with E-state index in [1.807, 2.05) is 6.07 Å². The highest BCUT2D eigenvalue weighted by atomic mass is 79.9. The van der Waals surface area contributed by atoms with Gasteiger partial charge in [-0.05, 0) is 64.7 Å². The molecule has 1 heterocycles. The summed E-state index contributed by atoms with van der Waals surface area (Å²) in [6.45, 7) is 4.18. The summed E-state index contributed by atoms with van der Waals surface area (Å²) in [5, 5.41) is -0.0712. The fourth-order valence-corrected chi connectivity index (χ4v) is 4.01. The largest absolute Gasteiger partial charge is 0.131 e. The van der Waals surface area contributed by atoms with Gasteiger partial charge in [0, 0.05) is 9.35 Å². The molecule has 0 radical (unpaired) electrons. The van der Waals surface area contributed by atoms with Crippen molar-refractivity contribution in [2.24, 2.45) is 0 Å². The zero-order valence-corrected chi connectivity index (χ0v) is 14.2. The number of hydrogen-bond donors (Lipinski definition) is 0. The quantitative estimate of drug-likeness (QED) is 0.531. The first-order valence-electron chi connectivity index (χ1n) is 5.15. The van der Waals surface area contributed by atoms with Crippen LogP contribution >= 0.6 is 54.8 Å². The van der Waals surface area contributed by atoms with Crippen molar-refractivity contribution in [2.45, 2.75) is 19.2 Å². The molecule has 0 N–H and O–H groups in total. The fourth-order valence-electron chi connectivity index (χ4n) is 1.69. The normalized spacial score (nSPS) is 12.8. The van der Waals surface area contributed by atoms with Gasteiger partial charge in [-0.25, -0.2) is 0 Å². The van der Waals surface area contributed by atoms with Crippen molar-refractivity contribution in [3.8, 4) is 0 Å². The minimum Gasteiger partial charge on any atom is -0.131 e. The highest BCUT2D eigenvalue weighted by Crippen LogP contribution is 2.38. The van der Waals surface area contributed by atoms with E-state index in [0.717, 1.165) is 8.26 Å². The summed E-state index contributed by atoms with van der Waals surface area (Å²) in [6, 6.07) is 8.40. The van der Waals surface area contributed by atoms with E-state index >= 15 is 0 Å². The third kappa shape index (κ3) is 2.95. The van der Waals surface area contributed by atoms with Gasteiger partial charge in [0.1, 0.15) is 0 Å². The molecular weight excluding hydrogens is 383 g/mol. The van der Waals surface area contributed by atoms with E-state index in [1.165, 1.54) is 21.6 Å². The maximum Gasteiger partial charge on any atom is 0.0930 e. The number of alkyl halides is 1. The number of thiophene rings is 1. The number of hydrogen-bond acceptors (Lipinski definition) is 1. The first-order chi connectivity index (χ1) is 7.99. The van der Waals surface area contributed by atoms with Crippen LogP contribution in [-0.4, -0.2) is 0 Å². The van der Waals surface area contributed by atoms with Crippen LogP contribution in [0.15, 0.2) is 32.5 Å².